The van der Waals surface area contributed by atoms with Gasteiger partial charge in [0.2, 0.25) is 11.8 Å². The van der Waals surface area contributed by atoms with Gasteiger partial charge in [-0.1, -0.05) is 36.4 Å². The first-order chi connectivity index (χ1) is 14.5. The van der Waals surface area contributed by atoms with Crippen molar-refractivity contribution in [2.75, 3.05) is 39.9 Å². The predicted molar refractivity (Wildman–Crippen MR) is 114 cm³/mol. The van der Waals surface area contributed by atoms with Crippen LogP contribution in [0.3, 0.4) is 0 Å². The summed E-state index contributed by atoms with van der Waals surface area (Å²) in [6.07, 6.45) is 0.877. The van der Waals surface area contributed by atoms with E-state index in [-0.39, 0.29) is 23.5 Å². The fourth-order valence-corrected chi connectivity index (χ4v) is 3.89. The van der Waals surface area contributed by atoms with Crippen LogP contribution in [0.1, 0.15) is 18.9 Å². The topological polar surface area (TPSA) is 49.9 Å². The number of rotatable bonds is 7. The molecule has 0 spiro atoms. The van der Waals surface area contributed by atoms with E-state index in [4.69, 9.17) is 4.74 Å². The largest absolute Gasteiger partial charge is 0.384 e. The zero-order valence-electron chi connectivity index (χ0n) is 17.6. The van der Waals surface area contributed by atoms with Gasteiger partial charge in [-0.2, -0.15) is 0 Å². The van der Waals surface area contributed by atoms with E-state index in [1.54, 1.807) is 24.1 Å². The van der Waals surface area contributed by atoms with Crippen LogP contribution < -0.4 is 0 Å². The number of hydrogen-bond acceptors (Lipinski definition) is 3. The molecule has 160 valence electrons. The van der Waals surface area contributed by atoms with Gasteiger partial charge in [-0.15, -0.1) is 0 Å². The van der Waals surface area contributed by atoms with Gasteiger partial charge in [-0.05, 0) is 42.2 Å². The number of benzene rings is 2. The van der Waals surface area contributed by atoms with Crippen LogP contribution in [-0.4, -0.2) is 61.5 Å². The van der Waals surface area contributed by atoms with Crippen molar-refractivity contribution in [3.63, 3.8) is 0 Å². The molecule has 3 rings (SSSR count). The molecule has 1 aliphatic rings. The average molecular weight is 413 g/mol. The Morgan fingerprint density at radius 3 is 2.60 bits per heavy atom. The maximum atomic E-state index is 13.2. The van der Waals surface area contributed by atoms with Crippen molar-refractivity contribution in [3.05, 3.63) is 59.9 Å². The zero-order valence-corrected chi connectivity index (χ0v) is 17.6. The van der Waals surface area contributed by atoms with Crippen LogP contribution >= 0.6 is 0 Å². The predicted octanol–water partition coefficient (Wildman–Crippen LogP) is 3.38. The van der Waals surface area contributed by atoms with Gasteiger partial charge < -0.3 is 14.5 Å². The van der Waals surface area contributed by atoms with Gasteiger partial charge in [-0.25, -0.2) is 4.39 Å². The Morgan fingerprint density at radius 1 is 1.13 bits per heavy atom. The van der Waals surface area contributed by atoms with E-state index < -0.39 is 0 Å². The summed E-state index contributed by atoms with van der Waals surface area (Å²) in [5, 5.41) is 0. The van der Waals surface area contributed by atoms with Crippen LogP contribution in [0.25, 0.3) is 11.1 Å². The summed E-state index contributed by atoms with van der Waals surface area (Å²) >= 11 is 0. The molecule has 0 saturated carbocycles. The minimum absolute atomic E-state index is 0.0210. The smallest absolute Gasteiger partial charge is 0.227 e. The first-order valence-electron chi connectivity index (χ1n) is 10.4. The first kappa shape index (κ1) is 22.0. The normalized spacial score (nSPS) is 17.2. The molecule has 2 amide bonds. The quantitative estimate of drug-likeness (QED) is 0.701. The SMILES string of the molecule is CCN1CCN(C(=O)CCOC)C[C@H](Cc2cccc(-c3ccc(F)cc3)c2)C1=O. The van der Waals surface area contributed by atoms with Gasteiger partial charge in [0.1, 0.15) is 5.82 Å². The summed E-state index contributed by atoms with van der Waals surface area (Å²) in [6, 6.07) is 14.4. The maximum absolute atomic E-state index is 13.2. The Morgan fingerprint density at radius 2 is 1.90 bits per heavy atom. The third-order valence-electron chi connectivity index (χ3n) is 5.58. The molecule has 0 aromatic heterocycles. The third-order valence-corrected chi connectivity index (χ3v) is 5.58. The second-order valence-corrected chi connectivity index (χ2v) is 7.61. The highest BCUT2D eigenvalue weighted by atomic mass is 19.1. The second kappa shape index (κ2) is 10.3. The van der Waals surface area contributed by atoms with E-state index in [1.165, 1.54) is 12.1 Å². The summed E-state index contributed by atoms with van der Waals surface area (Å²) in [4.78, 5) is 29.3. The number of methoxy groups -OCH3 is 1. The summed E-state index contributed by atoms with van der Waals surface area (Å²) in [5.74, 6) is -0.446. The number of likely N-dealkylation sites (N-methyl/N-ethyl adjacent to an activating group) is 1. The number of halogens is 1. The van der Waals surface area contributed by atoms with E-state index in [2.05, 4.69) is 0 Å². The molecule has 1 aliphatic heterocycles. The molecule has 6 heteroatoms. The number of carbonyl (C=O) groups is 2. The van der Waals surface area contributed by atoms with Gasteiger partial charge >= 0.3 is 0 Å². The second-order valence-electron chi connectivity index (χ2n) is 7.61. The van der Waals surface area contributed by atoms with Crippen LogP contribution in [0.15, 0.2) is 48.5 Å². The molecule has 30 heavy (non-hydrogen) atoms. The highest BCUT2D eigenvalue weighted by Gasteiger charge is 2.31. The fourth-order valence-electron chi connectivity index (χ4n) is 3.89. The Hall–Kier alpha value is -2.73. The lowest BCUT2D eigenvalue weighted by molar-refractivity contribution is -0.135. The molecule has 2 aromatic carbocycles. The van der Waals surface area contributed by atoms with Gasteiger partial charge in [0, 0.05) is 33.3 Å². The van der Waals surface area contributed by atoms with E-state index >= 15 is 0 Å². The number of nitrogens with zero attached hydrogens (tertiary/aromatic N) is 2. The Balaban J connectivity index is 1.79. The Kier molecular flexibility index (Phi) is 7.57. The van der Waals surface area contributed by atoms with Gasteiger partial charge in [-0.3, -0.25) is 9.59 Å². The Bertz CT molecular complexity index is 869. The molecular formula is C24H29FN2O3. The van der Waals surface area contributed by atoms with Crippen molar-refractivity contribution in [1.82, 2.24) is 9.80 Å². The number of hydrogen-bond donors (Lipinski definition) is 0. The van der Waals surface area contributed by atoms with Crippen molar-refractivity contribution in [2.45, 2.75) is 19.8 Å². The molecule has 0 aliphatic carbocycles. The molecule has 1 heterocycles. The lowest BCUT2D eigenvalue weighted by Gasteiger charge is -2.23. The highest BCUT2D eigenvalue weighted by Crippen LogP contribution is 2.24. The number of amides is 2. The molecule has 5 nitrogen and oxygen atoms in total. The van der Waals surface area contributed by atoms with Gasteiger partial charge in [0.25, 0.3) is 0 Å². The number of carbonyl (C=O) groups excluding carboxylic acids is 2. The molecular weight excluding hydrogens is 383 g/mol. The van der Waals surface area contributed by atoms with Crippen molar-refractivity contribution in [3.8, 4) is 11.1 Å². The van der Waals surface area contributed by atoms with Gasteiger partial charge in [0.15, 0.2) is 0 Å². The Labute approximate surface area is 177 Å². The highest BCUT2D eigenvalue weighted by molar-refractivity contribution is 5.82. The van der Waals surface area contributed by atoms with Crippen molar-refractivity contribution in [1.29, 1.82) is 0 Å². The monoisotopic (exact) mass is 412 g/mol. The minimum Gasteiger partial charge on any atom is -0.384 e. The average Bonchev–Trinajstić information content (AvgIpc) is 2.91. The van der Waals surface area contributed by atoms with Crippen molar-refractivity contribution in [2.24, 2.45) is 5.92 Å². The van der Waals surface area contributed by atoms with Crippen LogP contribution in [0, 0.1) is 11.7 Å². The van der Waals surface area contributed by atoms with Crippen LogP contribution in [0.4, 0.5) is 4.39 Å². The molecule has 0 radical (unpaired) electrons. The minimum atomic E-state index is -0.289. The summed E-state index contributed by atoms with van der Waals surface area (Å²) in [7, 11) is 1.58. The van der Waals surface area contributed by atoms with Crippen LogP contribution in [0.2, 0.25) is 0 Å². The van der Waals surface area contributed by atoms with E-state index in [0.717, 1.165) is 16.7 Å². The molecule has 0 N–H and O–H groups in total. The van der Waals surface area contributed by atoms with E-state index in [9.17, 15) is 14.0 Å². The fraction of sp³-hybridized carbons (Fsp3) is 0.417. The molecule has 0 bridgehead atoms. The van der Waals surface area contributed by atoms with Crippen LogP contribution in [-0.2, 0) is 20.7 Å². The van der Waals surface area contributed by atoms with Crippen molar-refractivity contribution < 1.29 is 18.7 Å². The summed E-state index contributed by atoms with van der Waals surface area (Å²) in [6.45, 7) is 4.50. The van der Waals surface area contributed by atoms with Gasteiger partial charge in [0.05, 0.1) is 18.9 Å². The summed E-state index contributed by atoms with van der Waals surface area (Å²) in [5.41, 5.74) is 2.93. The zero-order chi connectivity index (χ0) is 21.5. The van der Waals surface area contributed by atoms with E-state index in [0.29, 0.717) is 45.6 Å². The molecule has 0 unspecified atom stereocenters. The van der Waals surface area contributed by atoms with E-state index in [1.807, 2.05) is 36.1 Å². The molecule has 1 fully saturated rings. The number of ether oxygens (including phenoxy) is 1. The maximum Gasteiger partial charge on any atom is 0.227 e. The molecule has 1 saturated heterocycles. The molecule has 2 aromatic rings. The first-order valence-corrected chi connectivity index (χ1v) is 10.4. The third kappa shape index (κ3) is 5.45. The lowest BCUT2D eigenvalue weighted by atomic mass is 9.94. The van der Waals surface area contributed by atoms with Crippen LogP contribution in [0.5, 0.6) is 0 Å². The summed E-state index contributed by atoms with van der Waals surface area (Å²) < 4.78 is 18.3. The molecule has 1 atom stereocenters. The standard InChI is InChI=1S/C24H29FN2O3/c1-3-26-12-13-27(23(28)11-14-30-2)17-21(24(26)29)16-18-5-4-6-20(15-18)19-7-9-22(25)10-8-19/h4-10,15,21H,3,11-14,16-17H2,1-2H3/t21-/m0/s1. The lowest BCUT2D eigenvalue weighted by Crippen LogP contribution is -2.38. The van der Waals surface area contributed by atoms with Crippen molar-refractivity contribution >= 4 is 11.8 Å².